The predicted molar refractivity (Wildman–Crippen MR) is 61.0 cm³/mol. The lowest BCUT2D eigenvalue weighted by molar-refractivity contribution is -0.385. The summed E-state index contributed by atoms with van der Waals surface area (Å²) >= 11 is 0. The molecule has 0 radical (unpaired) electrons. The summed E-state index contributed by atoms with van der Waals surface area (Å²) in [5, 5.41) is 21.1. The van der Waals surface area contributed by atoms with Gasteiger partial charge < -0.3 is 10.5 Å². The van der Waals surface area contributed by atoms with Crippen LogP contribution in [0.1, 0.15) is 5.56 Å². The van der Waals surface area contributed by atoms with E-state index in [2.05, 4.69) is 0 Å². The molecule has 3 N–H and O–H groups in total. The fourth-order valence-electron chi connectivity index (χ4n) is 1.17. The number of carbonyl (C=O) groups is 2. The number of rotatable bonds is 4. The van der Waals surface area contributed by atoms with Gasteiger partial charge in [0.1, 0.15) is 0 Å². The monoisotopic (exact) mass is 264 g/mol. The first-order chi connectivity index (χ1) is 8.93. The molecule has 9 nitrogen and oxygen atoms in total. The Labute approximate surface area is 106 Å². The number of hydrogen-bond donors (Lipinski definition) is 2. The van der Waals surface area contributed by atoms with E-state index >= 15 is 0 Å². The van der Waals surface area contributed by atoms with Crippen molar-refractivity contribution in [3.63, 3.8) is 0 Å². The molecule has 0 spiro atoms. The second-order valence-electron chi connectivity index (χ2n) is 3.25. The molecule has 0 saturated carbocycles. The van der Waals surface area contributed by atoms with Gasteiger partial charge in [0, 0.05) is 6.07 Å². The number of ether oxygens (including phenoxy) is 1. The third-order valence-electron chi connectivity index (χ3n) is 1.91. The molecular formula is C10H8N4O5. The van der Waals surface area contributed by atoms with Crippen molar-refractivity contribution in [2.75, 3.05) is 6.61 Å². The number of nitrogens with one attached hydrogen (secondary N) is 1. The number of urea groups is 1. The average Bonchev–Trinajstić information content (AvgIpc) is 2.35. The van der Waals surface area contributed by atoms with Crippen LogP contribution >= 0.6 is 0 Å². The van der Waals surface area contributed by atoms with E-state index in [4.69, 9.17) is 15.7 Å². The average molecular weight is 264 g/mol. The highest BCUT2D eigenvalue weighted by molar-refractivity contribution is 5.94. The Morgan fingerprint density at radius 1 is 1.53 bits per heavy atom. The lowest BCUT2D eigenvalue weighted by atomic mass is 10.2. The molecule has 98 valence electrons. The fourth-order valence-corrected chi connectivity index (χ4v) is 1.17. The summed E-state index contributed by atoms with van der Waals surface area (Å²) in [6, 6.07) is 4.19. The van der Waals surface area contributed by atoms with Crippen LogP contribution in [0.25, 0.3) is 0 Å². The number of benzene rings is 1. The number of nitrogens with two attached hydrogens (primary N) is 1. The van der Waals surface area contributed by atoms with Crippen LogP contribution in [0.2, 0.25) is 0 Å². The molecule has 0 atom stereocenters. The summed E-state index contributed by atoms with van der Waals surface area (Å²) in [5.74, 6) is -1.03. The molecule has 19 heavy (non-hydrogen) atoms. The topological polar surface area (TPSA) is 148 Å². The van der Waals surface area contributed by atoms with Crippen molar-refractivity contribution in [3.8, 4) is 11.8 Å². The van der Waals surface area contributed by atoms with Crippen LogP contribution in [0.5, 0.6) is 5.75 Å². The Balaban J connectivity index is 2.84. The SMILES string of the molecule is N#Cc1ccc(OCC(=O)NC(N)=O)c([N+](=O)[O-])c1. The number of hydrogen-bond acceptors (Lipinski definition) is 6. The number of carbonyl (C=O) groups excluding carboxylic acids is 2. The van der Waals surface area contributed by atoms with Gasteiger partial charge in [0.05, 0.1) is 16.6 Å². The van der Waals surface area contributed by atoms with E-state index in [1.165, 1.54) is 12.1 Å². The fraction of sp³-hybridized carbons (Fsp3) is 0.100. The third kappa shape index (κ3) is 3.97. The minimum absolute atomic E-state index is 0.0839. The Morgan fingerprint density at radius 2 is 2.21 bits per heavy atom. The molecule has 3 amide bonds. The Morgan fingerprint density at radius 3 is 2.74 bits per heavy atom. The minimum Gasteiger partial charge on any atom is -0.477 e. The largest absolute Gasteiger partial charge is 0.477 e. The smallest absolute Gasteiger partial charge is 0.318 e. The number of nitro groups is 1. The van der Waals surface area contributed by atoms with Gasteiger partial charge in [-0.2, -0.15) is 5.26 Å². The van der Waals surface area contributed by atoms with Gasteiger partial charge in [-0.15, -0.1) is 0 Å². The van der Waals surface area contributed by atoms with E-state index in [1.54, 1.807) is 11.4 Å². The first-order valence-corrected chi connectivity index (χ1v) is 4.84. The molecule has 0 heterocycles. The number of amides is 3. The molecule has 1 aromatic carbocycles. The van der Waals surface area contributed by atoms with Gasteiger partial charge in [0.15, 0.2) is 12.4 Å². The molecule has 0 saturated heterocycles. The first kappa shape index (κ1) is 13.9. The summed E-state index contributed by atoms with van der Waals surface area (Å²) in [5.41, 5.74) is 4.34. The first-order valence-electron chi connectivity index (χ1n) is 4.84. The number of nitrogens with zero attached hydrogens (tertiary/aromatic N) is 2. The Hall–Kier alpha value is -3.15. The molecule has 0 aliphatic carbocycles. The molecule has 0 aromatic heterocycles. The quantitative estimate of drug-likeness (QED) is 0.579. The summed E-state index contributed by atoms with van der Waals surface area (Å²) in [4.78, 5) is 31.4. The second kappa shape index (κ2) is 5.97. The van der Waals surface area contributed by atoms with Crippen LogP contribution in [0.3, 0.4) is 0 Å². The predicted octanol–water partition coefficient (Wildman–Crippen LogP) is 0.0402. The number of nitro benzene ring substituents is 1. The van der Waals surface area contributed by atoms with Gasteiger partial charge >= 0.3 is 11.7 Å². The van der Waals surface area contributed by atoms with Crippen molar-refractivity contribution in [1.29, 1.82) is 5.26 Å². The van der Waals surface area contributed by atoms with Crippen LogP contribution in [0.15, 0.2) is 18.2 Å². The highest BCUT2D eigenvalue weighted by Gasteiger charge is 2.17. The van der Waals surface area contributed by atoms with Crippen LogP contribution in [0, 0.1) is 21.4 Å². The maximum Gasteiger partial charge on any atom is 0.318 e. The van der Waals surface area contributed by atoms with Crippen molar-refractivity contribution in [1.82, 2.24) is 5.32 Å². The zero-order valence-electron chi connectivity index (χ0n) is 9.45. The van der Waals surface area contributed by atoms with Crippen LogP contribution in [-0.4, -0.2) is 23.5 Å². The molecule has 1 rings (SSSR count). The standard InChI is InChI=1S/C10H8N4O5/c11-4-6-1-2-8(7(3-6)14(17)18)19-5-9(15)13-10(12)16/h1-3H,5H2,(H3,12,13,15,16). The van der Waals surface area contributed by atoms with Gasteiger partial charge in [0.25, 0.3) is 5.91 Å². The van der Waals surface area contributed by atoms with E-state index in [0.717, 1.165) is 6.07 Å². The van der Waals surface area contributed by atoms with Crippen LogP contribution < -0.4 is 15.8 Å². The van der Waals surface area contributed by atoms with Gasteiger partial charge in [0.2, 0.25) is 0 Å². The third-order valence-corrected chi connectivity index (χ3v) is 1.91. The number of nitriles is 1. The van der Waals surface area contributed by atoms with Gasteiger partial charge in [-0.3, -0.25) is 20.2 Å². The second-order valence-corrected chi connectivity index (χ2v) is 3.25. The highest BCUT2D eigenvalue weighted by atomic mass is 16.6. The molecule has 0 unspecified atom stereocenters. The van der Waals surface area contributed by atoms with Crippen molar-refractivity contribution in [2.24, 2.45) is 5.73 Å². The van der Waals surface area contributed by atoms with Crippen molar-refractivity contribution in [3.05, 3.63) is 33.9 Å². The van der Waals surface area contributed by atoms with Crippen molar-refractivity contribution >= 4 is 17.6 Å². The molecular weight excluding hydrogens is 256 g/mol. The van der Waals surface area contributed by atoms with Crippen molar-refractivity contribution < 1.29 is 19.2 Å². The van der Waals surface area contributed by atoms with E-state index < -0.39 is 29.2 Å². The summed E-state index contributed by atoms with van der Waals surface area (Å²) in [7, 11) is 0. The molecule has 9 heteroatoms. The van der Waals surface area contributed by atoms with E-state index in [-0.39, 0.29) is 11.3 Å². The minimum atomic E-state index is -1.05. The summed E-state index contributed by atoms with van der Waals surface area (Å²) in [6.45, 7) is -0.615. The van der Waals surface area contributed by atoms with E-state index in [9.17, 15) is 19.7 Å². The van der Waals surface area contributed by atoms with Crippen molar-refractivity contribution in [2.45, 2.75) is 0 Å². The van der Waals surface area contributed by atoms with Gasteiger partial charge in [-0.25, -0.2) is 4.79 Å². The lowest BCUT2D eigenvalue weighted by Crippen LogP contribution is -2.38. The van der Waals surface area contributed by atoms with Gasteiger partial charge in [-0.05, 0) is 12.1 Å². The molecule has 0 aliphatic heterocycles. The molecule has 0 bridgehead atoms. The summed E-state index contributed by atoms with van der Waals surface area (Å²) in [6.07, 6.45) is 0. The maximum atomic E-state index is 11.1. The zero-order valence-corrected chi connectivity index (χ0v) is 9.45. The molecule has 1 aromatic rings. The molecule has 0 fully saturated rings. The van der Waals surface area contributed by atoms with Crippen LogP contribution in [0.4, 0.5) is 10.5 Å². The Bertz CT molecular complexity index is 578. The highest BCUT2D eigenvalue weighted by Crippen LogP contribution is 2.27. The summed E-state index contributed by atoms with van der Waals surface area (Å²) < 4.78 is 4.89. The van der Waals surface area contributed by atoms with E-state index in [0.29, 0.717) is 0 Å². The maximum absolute atomic E-state index is 11.1. The molecule has 0 aliphatic rings. The number of primary amides is 1. The number of imide groups is 1. The normalized spacial score (nSPS) is 9.21. The Kier molecular flexibility index (Phi) is 4.37. The lowest BCUT2D eigenvalue weighted by Gasteiger charge is -2.06. The van der Waals surface area contributed by atoms with Crippen LogP contribution in [-0.2, 0) is 4.79 Å². The van der Waals surface area contributed by atoms with Gasteiger partial charge in [-0.1, -0.05) is 0 Å². The zero-order chi connectivity index (χ0) is 14.4. The van der Waals surface area contributed by atoms with E-state index in [1.807, 2.05) is 0 Å².